The van der Waals surface area contributed by atoms with E-state index in [9.17, 15) is 0 Å². The highest BCUT2D eigenvalue weighted by Gasteiger charge is 2.19. The molecule has 1 heterocycles. The first kappa shape index (κ1) is 12.4. The number of para-hydroxylation sites is 1. The smallest absolute Gasteiger partial charge is 0.124 e. The molecule has 94 valence electrons. The van der Waals surface area contributed by atoms with Crippen LogP contribution in [0.4, 0.5) is 0 Å². The van der Waals surface area contributed by atoms with E-state index in [0.29, 0.717) is 19.1 Å². The van der Waals surface area contributed by atoms with Crippen LogP contribution in [0.25, 0.3) is 0 Å². The van der Waals surface area contributed by atoms with Gasteiger partial charge in [-0.3, -0.25) is 0 Å². The summed E-state index contributed by atoms with van der Waals surface area (Å²) in [6.07, 6.45) is 2.18. The molecule has 1 fully saturated rings. The second-order valence-electron chi connectivity index (χ2n) is 4.62. The third-order valence-corrected chi connectivity index (χ3v) is 3.23. The van der Waals surface area contributed by atoms with Crippen LogP contribution in [0.3, 0.4) is 0 Å². The molecule has 0 amide bonds. The molecule has 0 bridgehead atoms. The van der Waals surface area contributed by atoms with Crippen molar-refractivity contribution in [2.75, 3.05) is 19.8 Å². The minimum Gasteiger partial charge on any atom is -0.488 e. The van der Waals surface area contributed by atoms with Crippen molar-refractivity contribution >= 4 is 0 Å². The van der Waals surface area contributed by atoms with Crippen molar-refractivity contribution in [3.8, 4) is 5.75 Å². The standard InChI is InChI=1S/C14H21NO2/c1-11(6-8-15)13-4-2-3-5-14(13)17-12-7-9-16-10-12/h2-5,11-12H,6-10,15H2,1H3. The Balaban J connectivity index is 2.09. The van der Waals surface area contributed by atoms with Gasteiger partial charge in [0.1, 0.15) is 11.9 Å². The van der Waals surface area contributed by atoms with E-state index < -0.39 is 0 Å². The second-order valence-corrected chi connectivity index (χ2v) is 4.62. The van der Waals surface area contributed by atoms with E-state index in [1.165, 1.54) is 5.56 Å². The maximum absolute atomic E-state index is 6.01. The zero-order valence-electron chi connectivity index (χ0n) is 10.4. The fourth-order valence-corrected chi connectivity index (χ4v) is 2.19. The molecular weight excluding hydrogens is 214 g/mol. The van der Waals surface area contributed by atoms with Crippen LogP contribution in [0.15, 0.2) is 24.3 Å². The second kappa shape index (κ2) is 6.03. The molecule has 2 rings (SSSR count). The van der Waals surface area contributed by atoms with E-state index in [2.05, 4.69) is 19.1 Å². The van der Waals surface area contributed by atoms with Gasteiger partial charge in [-0.25, -0.2) is 0 Å². The van der Waals surface area contributed by atoms with Crippen molar-refractivity contribution in [3.63, 3.8) is 0 Å². The number of rotatable bonds is 5. The molecule has 1 saturated heterocycles. The lowest BCUT2D eigenvalue weighted by Gasteiger charge is -2.19. The molecule has 0 radical (unpaired) electrons. The third-order valence-electron chi connectivity index (χ3n) is 3.23. The van der Waals surface area contributed by atoms with Crippen molar-refractivity contribution in [1.29, 1.82) is 0 Å². The van der Waals surface area contributed by atoms with Crippen LogP contribution in [0.2, 0.25) is 0 Å². The first-order chi connectivity index (χ1) is 8.31. The summed E-state index contributed by atoms with van der Waals surface area (Å²) in [4.78, 5) is 0. The number of benzene rings is 1. The van der Waals surface area contributed by atoms with Crippen LogP contribution in [-0.2, 0) is 4.74 Å². The van der Waals surface area contributed by atoms with Gasteiger partial charge in [-0.2, -0.15) is 0 Å². The van der Waals surface area contributed by atoms with E-state index in [-0.39, 0.29) is 6.10 Å². The molecule has 1 aromatic carbocycles. The quantitative estimate of drug-likeness (QED) is 0.851. The van der Waals surface area contributed by atoms with E-state index in [1.54, 1.807) is 0 Å². The van der Waals surface area contributed by atoms with Crippen molar-refractivity contribution in [2.45, 2.75) is 31.8 Å². The largest absolute Gasteiger partial charge is 0.488 e. The van der Waals surface area contributed by atoms with Gasteiger partial charge >= 0.3 is 0 Å². The van der Waals surface area contributed by atoms with Crippen LogP contribution in [0.1, 0.15) is 31.2 Å². The molecule has 0 aliphatic carbocycles. The Morgan fingerprint density at radius 2 is 2.29 bits per heavy atom. The molecule has 1 aromatic rings. The molecule has 3 nitrogen and oxygen atoms in total. The van der Waals surface area contributed by atoms with Gasteiger partial charge < -0.3 is 15.2 Å². The fourth-order valence-electron chi connectivity index (χ4n) is 2.19. The van der Waals surface area contributed by atoms with E-state index in [4.69, 9.17) is 15.2 Å². The first-order valence-electron chi connectivity index (χ1n) is 6.34. The molecule has 0 spiro atoms. The number of ether oxygens (including phenoxy) is 2. The average Bonchev–Trinajstić information content (AvgIpc) is 2.83. The number of nitrogens with two attached hydrogens (primary N) is 1. The Morgan fingerprint density at radius 1 is 1.47 bits per heavy atom. The topological polar surface area (TPSA) is 44.5 Å². The van der Waals surface area contributed by atoms with Crippen molar-refractivity contribution in [2.24, 2.45) is 5.73 Å². The highest BCUT2D eigenvalue weighted by molar-refractivity contribution is 5.36. The normalized spacial score (nSPS) is 21.4. The molecule has 1 aliphatic rings. The average molecular weight is 235 g/mol. The molecule has 3 heteroatoms. The van der Waals surface area contributed by atoms with Crippen molar-refractivity contribution in [1.82, 2.24) is 0 Å². The Hall–Kier alpha value is -1.06. The predicted octanol–water partition coefficient (Wildman–Crippen LogP) is 2.31. The van der Waals surface area contributed by atoms with Crippen LogP contribution in [0.5, 0.6) is 5.75 Å². The zero-order chi connectivity index (χ0) is 12.1. The maximum atomic E-state index is 6.01. The van der Waals surface area contributed by atoms with Crippen molar-refractivity contribution < 1.29 is 9.47 Å². The number of hydrogen-bond acceptors (Lipinski definition) is 3. The summed E-state index contributed by atoms with van der Waals surface area (Å²) < 4.78 is 11.3. The summed E-state index contributed by atoms with van der Waals surface area (Å²) in [7, 11) is 0. The van der Waals surface area contributed by atoms with Gasteiger partial charge in [0, 0.05) is 6.42 Å². The lowest BCUT2D eigenvalue weighted by Crippen LogP contribution is -2.17. The third kappa shape index (κ3) is 3.20. The van der Waals surface area contributed by atoms with Gasteiger partial charge in [-0.15, -0.1) is 0 Å². The zero-order valence-corrected chi connectivity index (χ0v) is 10.4. The Labute approximate surface area is 103 Å². The monoisotopic (exact) mass is 235 g/mol. The lowest BCUT2D eigenvalue weighted by molar-refractivity contribution is 0.140. The summed E-state index contributed by atoms with van der Waals surface area (Å²) in [6.45, 7) is 4.42. The molecular formula is C14H21NO2. The molecule has 2 N–H and O–H groups in total. The summed E-state index contributed by atoms with van der Waals surface area (Å²) >= 11 is 0. The highest BCUT2D eigenvalue weighted by Crippen LogP contribution is 2.29. The van der Waals surface area contributed by atoms with Crippen molar-refractivity contribution in [3.05, 3.63) is 29.8 Å². The van der Waals surface area contributed by atoms with E-state index in [0.717, 1.165) is 25.2 Å². The summed E-state index contributed by atoms with van der Waals surface area (Å²) in [6, 6.07) is 8.25. The minimum atomic E-state index is 0.209. The van der Waals surface area contributed by atoms with Crippen LogP contribution in [-0.4, -0.2) is 25.9 Å². The molecule has 2 unspecified atom stereocenters. The Bertz CT molecular complexity index is 348. The van der Waals surface area contributed by atoms with Gasteiger partial charge in [0.2, 0.25) is 0 Å². The molecule has 17 heavy (non-hydrogen) atoms. The highest BCUT2D eigenvalue weighted by atomic mass is 16.5. The van der Waals surface area contributed by atoms with Crippen LogP contribution >= 0.6 is 0 Å². The van der Waals surface area contributed by atoms with E-state index in [1.807, 2.05) is 12.1 Å². The van der Waals surface area contributed by atoms with Gasteiger partial charge in [0.05, 0.1) is 13.2 Å². The number of hydrogen-bond donors (Lipinski definition) is 1. The fraction of sp³-hybridized carbons (Fsp3) is 0.571. The predicted molar refractivity (Wildman–Crippen MR) is 68.4 cm³/mol. The van der Waals surface area contributed by atoms with E-state index >= 15 is 0 Å². The Morgan fingerprint density at radius 3 is 3.00 bits per heavy atom. The van der Waals surface area contributed by atoms with Crippen LogP contribution < -0.4 is 10.5 Å². The lowest BCUT2D eigenvalue weighted by atomic mass is 9.97. The van der Waals surface area contributed by atoms with Gasteiger partial charge in [0.25, 0.3) is 0 Å². The molecule has 0 saturated carbocycles. The van der Waals surface area contributed by atoms with Gasteiger partial charge in [-0.05, 0) is 30.5 Å². The summed E-state index contributed by atoms with van der Waals surface area (Å²) in [5.74, 6) is 1.43. The minimum absolute atomic E-state index is 0.209. The summed E-state index contributed by atoms with van der Waals surface area (Å²) in [5.41, 5.74) is 6.87. The molecule has 2 atom stereocenters. The molecule has 1 aliphatic heterocycles. The van der Waals surface area contributed by atoms with Gasteiger partial charge in [-0.1, -0.05) is 25.1 Å². The Kier molecular flexibility index (Phi) is 4.40. The molecule has 0 aromatic heterocycles. The van der Waals surface area contributed by atoms with Gasteiger partial charge in [0.15, 0.2) is 0 Å². The SMILES string of the molecule is CC(CCN)c1ccccc1OC1CCOC1. The van der Waals surface area contributed by atoms with Crippen LogP contribution in [0, 0.1) is 0 Å². The first-order valence-corrected chi connectivity index (χ1v) is 6.34. The summed E-state index contributed by atoms with van der Waals surface area (Å²) in [5, 5.41) is 0. The maximum Gasteiger partial charge on any atom is 0.124 e.